The zero-order valence-electron chi connectivity index (χ0n) is 15.4. The Labute approximate surface area is 167 Å². The van der Waals surface area contributed by atoms with Gasteiger partial charge in [0.25, 0.3) is 0 Å². The van der Waals surface area contributed by atoms with Crippen molar-refractivity contribution in [3.05, 3.63) is 70.3 Å². The molecule has 2 heterocycles. The molecule has 1 aliphatic heterocycles. The first-order valence-electron chi connectivity index (χ1n) is 9.18. The molecule has 0 bridgehead atoms. The molecule has 0 radical (unpaired) electrons. The summed E-state index contributed by atoms with van der Waals surface area (Å²) in [6.45, 7) is 2.89. The lowest BCUT2D eigenvalue weighted by atomic mass is 10.1. The first-order valence-corrected chi connectivity index (χ1v) is 9.56. The molecule has 1 amide bonds. The van der Waals surface area contributed by atoms with Crippen molar-refractivity contribution >= 4 is 17.5 Å². The van der Waals surface area contributed by atoms with Gasteiger partial charge in [-0.05, 0) is 29.7 Å². The summed E-state index contributed by atoms with van der Waals surface area (Å²) in [5, 5.41) is 4.38. The quantitative estimate of drug-likeness (QED) is 0.628. The van der Waals surface area contributed by atoms with Crippen LogP contribution in [0.3, 0.4) is 0 Å². The minimum absolute atomic E-state index is 0.0163. The fraction of sp³-hybridized carbons (Fsp3) is 0.286. The maximum atomic E-state index is 13.2. The summed E-state index contributed by atoms with van der Waals surface area (Å²) in [4.78, 5) is 18.6. The highest BCUT2D eigenvalue weighted by atomic mass is 35.5. The molecule has 7 heteroatoms. The van der Waals surface area contributed by atoms with E-state index in [1.165, 1.54) is 17.7 Å². The molecule has 1 aromatic heterocycles. The Kier molecular flexibility index (Phi) is 5.13. The van der Waals surface area contributed by atoms with Crippen LogP contribution in [-0.2, 0) is 17.8 Å². The first-order chi connectivity index (χ1) is 13.5. The molecule has 1 atom stereocenters. The predicted molar refractivity (Wildman–Crippen MR) is 103 cm³/mol. The van der Waals surface area contributed by atoms with E-state index in [0.29, 0.717) is 41.8 Å². The number of carbonyl (C=O) groups is 1. The zero-order valence-corrected chi connectivity index (χ0v) is 16.1. The van der Waals surface area contributed by atoms with Gasteiger partial charge in [0.05, 0.1) is 5.92 Å². The van der Waals surface area contributed by atoms with Crippen LogP contribution in [-0.4, -0.2) is 27.5 Å². The first kappa shape index (κ1) is 18.6. The van der Waals surface area contributed by atoms with Crippen LogP contribution < -0.4 is 0 Å². The summed E-state index contributed by atoms with van der Waals surface area (Å²) >= 11 is 6.08. The lowest BCUT2D eigenvalue weighted by molar-refractivity contribution is -0.128. The van der Waals surface area contributed by atoms with E-state index < -0.39 is 5.82 Å². The summed E-state index contributed by atoms with van der Waals surface area (Å²) < 4.78 is 18.6. The fourth-order valence-corrected chi connectivity index (χ4v) is 3.58. The average molecular weight is 400 g/mol. The molecule has 5 nitrogen and oxygen atoms in total. The number of rotatable bonds is 5. The van der Waals surface area contributed by atoms with Gasteiger partial charge in [-0.2, -0.15) is 4.98 Å². The Bertz CT molecular complexity index is 1000. The third-order valence-electron chi connectivity index (χ3n) is 5.00. The van der Waals surface area contributed by atoms with Gasteiger partial charge in [0.15, 0.2) is 0 Å². The second kappa shape index (κ2) is 7.72. The van der Waals surface area contributed by atoms with Gasteiger partial charge in [0, 0.05) is 30.1 Å². The molecular formula is C21H19ClFN3O2. The number of halogens is 2. The largest absolute Gasteiger partial charge is 0.339 e. The minimum Gasteiger partial charge on any atom is -0.339 e. The van der Waals surface area contributed by atoms with Crippen LogP contribution >= 0.6 is 11.6 Å². The molecule has 2 aromatic carbocycles. The van der Waals surface area contributed by atoms with Gasteiger partial charge in [-0.25, -0.2) is 4.39 Å². The van der Waals surface area contributed by atoms with E-state index in [2.05, 4.69) is 17.1 Å². The van der Waals surface area contributed by atoms with Crippen molar-refractivity contribution in [3.8, 4) is 11.4 Å². The van der Waals surface area contributed by atoms with Crippen molar-refractivity contribution in [3.63, 3.8) is 0 Å². The van der Waals surface area contributed by atoms with Crippen molar-refractivity contribution in [2.75, 3.05) is 6.54 Å². The molecule has 1 unspecified atom stereocenters. The van der Waals surface area contributed by atoms with Gasteiger partial charge in [0.1, 0.15) is 5.82 Å². The number of benzene rings is 2. The average Bonchev–Trinajstić information content (AvgIpc) is 3.31. The molecular weight excluding hydrogens is 381 g/mol. The Morgan fingerprint density at radius 2 is 2.04 bits per heavy atom. The number of hydrogen-bond donors (Lipinski definition) is 0. The van der Waals surface area contributed by atoms with Crippen LogP contribution in [0.4, 0.5) is 4.39 Å². The maximum Gasteiger partial charge on any atom is 0.232 e. The third-order valence-corrected chi connectivity index (χ3v) is 5.35. The van der Waals surface area contributed by atoms with Crippen molar-refractivity contribution in [2.24, 2.45) is 0 Å². The molecule has 1 saturated heterocycles. The summed E-state index contributed by atoms with van der Waals surface area (Å²) in [6.07, 6.45) is 1.27. The van der Waals surface area contributed by atoms with E-state index in [1.807, 2.05) is 24.3 Å². The molecule has 0 N–H and O–H groups in total. The van der Waals surface area contributed by atoms with E-state index in [1.54, 1.807) is 11.0 Å². The Hall–Kier alpha value is -2.73. The summed E-state index contributed by atoms with van der Waals surface area (Å²) in [6, 6.07) is 12.2. The molecule has 1 aliphatic rings. The number of aromatic nitrogens is 2. The van der Waals surface area contributed by atoms with Crippen LogP contribution in [0.25, 0.3) is 11.4 Å². The number of nitrogens with zero attached hydrogens (tertiary/aromatic N) is 3. The Morgan fingerprint density at radius 3 is 2.75 bits per heavy atom. The molecule has 0 aliphatic carbocycles. The van der Waals surface area contributed by atoms with Crippen LogP contribution in [0.2, 0.25) is 5.02 Å². The predicted octanol–water partition coefficient (Wildman–Crippen LogP) is 4.61. The minimum atomic E-state index is -0.398. The molecule has 4 rings (SSSR count). The topological polar surface area (TPSA) is 59.2 Å². The number of hydrogen-bond acceptors (Lipinski definition) is 4. The molecule has 144 valence electrons. The summed E-state index contributed by atoms with van der Waals surface area (Å²) in [7, 11) is 0. The van der Waals surface area contributed by atoms with Crippen molar-refractivity contribution in [2.45, 2.75) is 32.2 Å². The van der Waals surface area contributed by atoms with Gasteiger partial charge < -0.3 is 9.42 Å². The highest BCUT2D eigenvalue weighted by Crippen LogP contribution is 2.31. The zero-order chi connectivity index (χ0) is 19.7. The van der Waals surface area contributed by atoms with Crippen LogP contribution in [0.5, 0.6) is 0 Å². The SMILES string of the molecule is CCc1ccc(-c2noc(C3CC(=O)N(Cc4ccc(F)cc4Cl)C3)n2)cc1. The number of likely N-dealkylation sites (tertiary alicyclic amines) is 1. The summed E-state index contributed by atoms with van der Waals surface area (Å²) in [5.41, 5.74) is 2.83. The molecule has 0 spiro atoms. The van der Waals surface area contributed by atoms with Crippen molar-refractivity contribution < 1.29 is 13.7 Å². The van der Waals surface area contributed by atoms with Gasteiger partial charge in [-0.1, -0.05) is 54.0 Å². The normalized spacial score (nSPS) is 16.8. The van der Waals surface area contributed by atoms with Crippen LogP contribution in [0, 0.1) is 5.82 Å². The monoisotopic (exact) mass is 399 g/mol. The summed E-state index contributed by atoms with van der Waals surface area (Å²) in [5.74, 6) is 0.394. The second-order valence-corrected chi connectivity index (χ2v) is 7.32. The fourth-order valence-electron chi connectivity index (χ4n) is 3.35. The van der Waals surface area contributed by atoms with Crippen LogP contribution in [0.1, 0.15) is 36.3 Å². The van der Waals surface area contributed by atoms with E-state index in [0.717, 1.165) is 12.0 Å². The second-order valence-electron chi connectivity index (χ2n) is 6.92. The van der Waals surface area contributed by atoms with E-state index >= 15 is 0 Å². The van der Waals surface area contributed by atoms with Gasteiger partial charge in [-0.3, -0.25) is 4.79 Å². The molecule has 1 fully saturated rings. The number of carbonyl (C=O) groups excluding carboxylic acids is 1. The molecule has 0 saturated carbocycles. The maximum absolute atomic E-state index is 13.2. The standard InChI is InChI=1S/C21H19ClFN3O2/c1-2-13-3-5-14(6-4-13)20-24-21(28-25-20)16-9-19(27)26(12-16)11-15-7-8-17(23)10-18(15)22/h3-8,10,16H,2,9,11-12H2,1H3. The van der Waals surface area contributed by atoms with Gasteiger partial charge >= 0.3 is 0 Å². The lowest BCUT2D eigenvalue weighted by Gasteiger charge is -2.17. The lowest BCUT2D eigenvalue weighted by Crippen LogP contribution is -2.24. The number of aryl methyl sites for hydroxylation is 1. The van der Waals surface area contributed by atoms with E-state index in [9.17, 15) is 9.18 Å². The molecule has 28 heavy (non-hydrogen) atoms. The Morgan fingerprint density at radius 1 is 1.25 bits per heavy atom. The highest BCUT2D eigenvalue weighted by Gasteiger charge is 2.34. The molecule has 3 aromatic rings. The van der Waals surface area contributed by atoms with Gasteiger partial charge in [0.2, 0.25) is 17.6 Å². The van der Waals surface area contributed by atoms with Gasteiger partial charge in [-0.15, -0.1) is 0 Å². The highest BCUT2D eigenvalue weighted by molar-refractivity contribution is 6.31. The smallest absolute Gasteiger partial charge is 0.232 e. The van der Waals surface area contributed by atoms with Crippen molar-refractivity contribution in [1.29, 1.82) is 0 Å². The van der Waals surface area contributed by atoms with E-state index in [4.69, 9.17) is 16.1 Å². The van der Waals surface area contributed by atoms with E-state index in [-0.39, 0.29) is 11.8 Å². The number of amides is 1. The Balaban J connectivity index is 1.47. The van der Waals surface area contributed by atoms with Crippen molar-refractivity contribution in [1.82, 2.24) is 15.0 Å². The van der Waals surface area contributed by atoms with Crippen LogP contribution in [0.15, 0.2) is 47.0 Å². The third kappa shape index (κ3) is 3.78.